The Hall–Kier alpha value is -2.00. The smallest absolute Gasteiger partial charge is 0.405 e. The molecule has 0 atom stereocenters. The minimum absolute atomic E-state index is 0.157. The molecule has 27 heavy (non-hydrogen) atoms. The number of rotatable bonds is 8. The van der Waals surface area contributed by atoms with Gasteiger partial charge in [0.25, 0.3) is 0 Å². The highest BCUT2D eigenvalue weighted by molar-refractivity contribution is 5.79. The fraction of sp³-hybridized carbons (Fsp3) is 0.611. The molecule has 0 aromatic heterocycles. The second-order valence-electron chi connectivity index (χ2n) is 6.04. The van der Waals surface area contributed by atoms with Crippen molar-refractivity contribution < 1.29 is 27.4 Å². The van der Waals surface area contributed by atoms with E-state index in [2.05, 4.69) is 20.4 Å². The van der Waals surface area contributed by atoms with Crippen molar-refractivity contribution in [3.05, 3.63) is 29.8 Å². The van der Waals surface area contributed by atoms with Crippen LogP contribution < -0.4 is 15.4 Å². The summed E-state index contributed by atoms with van der Waals surface area (Å²) in [5.41, 5.74) is 0.389. The van der Waals surface area contributed by atoms with Crippen LogP contribution in [0.25, 0.3) is 0 Å². The lowest BCUT2D eigenvalue weighted by Crippen LogP contribution is -2.38. The molecule has 1 aliphatic rings. The Balaban J connectivity index is 1.69. The number of para-hydroxylation sites is 1. The number of nitrogens with one attached hydrogen (secondary N) is 2. The van der Waals surface area contributed by atoms with E-state index < -0.39 is 6.36 Å². The first-order valence-electron chi connectivity index (χ1n) is 8.95. The summed E-state index contributed by atoms with van der Waals surface area (Å²) in [7, 11) is 1.60. The molecule has 0 unspecified atom stereocenters. The summed E-state index contributed by atoms with van der Waals surface area (Å²) in [6.45, 7) is 2.93. The molecule has 0 bridgehead atoms. The average Bonchev–Trinajstić information content (AvgIpc) is 2.64. The summed E-state index contributed by atoms with van der Waals surface area (Å²) in [5.74, 6) is 0.278. The second kappa shape index (κ2) is 11.0. The van der Waals surface area contributed by atoms with Gasteiger partial charge >= 0.3 is 6.36 Å². The first-order chi connectivity index (χ1) is 13.0. The SMILES string of the molecule is CN=C(NCCCOC1CCOCC1)NCc1ccccc1OC(F)(F)F. The van der Waals surface area contributed by atoms with Gasteiger partial charge in [0.15, 0.2) is 5.96 Å². The second-order valence-corrected chi connectivity index (χ2v) is 6.04. The van der Waals surface area contributed by atoms with Crippen LogP contribution in [0.3, 0.4) is 0 Å². The number of hydrogen-bond acceptors (Lipinski definition) is 4. The van der Waals surface area contributed by atoms with Gasteiger partial charge in [0.2, 0.25) is 0 Å². The first-order valence-corrected chi connectivity index (χ1v) is 8.95. The van der Waals surface area contributed by atoms with E-state index in [0.29, 0.717) is 24.7 Å². The van der Waals surface area contributed by atoms with Gasteiger partial charge in [-0.1, -0.05) is 18.2 Å². The zero-order valence-electron chi connectivity index (χ0n) is 15.3. The number of hydrogen-bond donors (Lipinski definition) is 2. The molecule has 2 N–H and O–H groups in total. The topological polar surface area (TPSA) is 64.1 Å². The molecule has 1 aliphatic heterocycles. The largest absolute Gasteiger partial charge is 0.573 e. The minimum Gasteiger partial charge on any atom is -0.405 e. The van der Waals surface area contributed by atoms with Gasteiger partial charge in [-0.25, -0.2) is 0 Å². The number of nitrogens with zero attached hydrogens (tertiary/aromatic N) is 1. The summed E-state index contributed by atoms with van der Waals surface area (Å²) < 4.78 is 52.5. The van der Waals surface area contributed by atoms with Crippen LogP contribution in [0.2, 0.25) is 0 Å². The number of alkyl halides is 3. The number of guanidine groups is 1. The predicted molar refractivity (Wildman–Crippen MR) is 95.7 cm³/mol. The van der Waals surface area contributed by atoms with Crippen LogP contribution in [0.15, 0.2) is 29.3 Å². The van der Waals surface area contributed by atoms with E-state index in [1.807, 2.05) is 0 Å². The van der Waals surface area contributed by atoms with Crippen LogP contribution in [0.1, 0.15) is 24.8 Å². The van der Waals surface area contributed by atoms with Gasteiger partial charge in [-0.15, -0.1) is 13.2 Å². The predicted octanol–water partition coefficient (Wildman–Crippen LogP) is 2.84. The van der Waals surface area contributed by atoms with Crippen molar-refractivity contribution in [2.75, 3.05) is 33.4 Å². The molecule has 152 valence electrons. The molecule has 1 saturated heterocycles. The monoisotopic (exact) mass is 389 g/mol. The molecule has 1 aromatic carbocycles. The zero-order chi connectivity index (χ0) is 19.5. The third kappa shape index (κ3) is 8.49. The van der Waals surface area contributed by atoms with Crippen molar-refractivity contribution in [2.45, 2.75) is 38.3 Å². The van der Waals surface area contributed by atoms with Crippen LogP contribution >= 0.6 is 0 Å². The quantitative estimate of drug-likeness (QED) is 0.407. The van der Waals surface area contributed by atoms with Crippen molar-refractivity contribution in [2.24, 2.45) is 4.99 Å². The van der Waals surface area contributed by atoms with Gasteiger partial charge in [0, 0.05) is 45.5 Å². The van der Waals surface area contributed by atoms with Crippen molar-refractivity contribution in [3.8, 4) is 5.75 Å². The Morgan fingerprint density at radius 3 is 2.67 bits per heavy atom. The van der Waals surface area contributed by atoms with Gasteiger partial charge in [-0.2, -0.15) is 0 Å². The normalized spacial score (nSPS) is 16.2. The number of aliphatic imine (C=N–C) groups is 1. The third-order valence-electron chi connectivity index (χ3n) is 4.00. The molecule has 1 aromatic rings. The van der Waals surface area contributed by atoms with Gasteiger partial charge in [0.05, 0.1) is 6.10 Å². The van der Waals surface area contributed by atoms with E-state index in [9.17, 15) is 13.2 Å². The molecule has 1 heterocycles. The van der Waals surface area contributed by atoms with E-state index in [0.717, 1.165) is 32.5 Å². The number of ether oxygens (including phenoxy) is 3. The van der Waals surface area contributed by atoms with Crippen molar-refractivity contribution in [1.29, 1.82) is 0 Å². The fourth-order valence-corrected chi connectivity index (χ4v) is 2.65. The molecule has 6 nitrogen and oxygen atoms in total. The van der Waals surface area contributed by atoms with Crippen molar-refractivity contribution in [1.82, 2.24) is 10.6 Å². The van der Waals surface area contributed by atoms with Crippen LogP contribution in [0.5, 0.6) is 5.75 Å². The Bertz CT molecular complexity index is 591. The maximum absolute atomic E-state index is 12.5. The van der Waals surface area contributed by atoms with Crippen LogP contribution in [0, 0.1) is 0 Å². The molecule has 9 heteroatoms. The van der Waals surface area contributed by atoms with Crippen LogP contribution in [-0.2, 0) is 16.0 Å². The van der Waals surface area contributed by atoms with Gasteiger partial charge in [0.1, 0.15) is 5.75 Å². The highest BCUT2D eigenvalue weighted by Crippen LogP contribution is 2.26. The van der Waals surface area contributed by atoms with E-state index >= 15 is 0 Å². The minimum atomic E-state index is -4.72. The van der Waals surface area contributed by atoms with Gasteiger partial charge in [-0.3, -0.25) is 4.99 Å². The fourth-order valence-electron chi connectivity index (χ4n) is 2.65. The molecule has 2 rings (SSSR count). The summed E-state index contributed by atoms with van der Waals surface area (Å²) >= 11 is 0. The lowest BCUT2D eigenvalue weighted by molar-refractivity contribution is -0.274. The maximum atomic E-state index is 12.5. The van der Waals surface area contributed by atoms with E-state index in [1.165, 1.54) is 12.1 Å². The maximum Gasteiger partial charge on any atom is 0.573 e. The summed E-state index contributed by atoms with van der Waals surface area (Å²) in [4.78, 5) is 4.07. The highest BCUT2D eigenvalue weighted by Gasteiger charge is 2.31. The Kier molecular flexibility index (Phi) is 8.66. The molecule has 0 amide bonds. The molecule has 0 saturated carbocycles. The lowest BCUT2D eigenvalue weighted by atomic mass is 10.1. The average molecular weight is 389 g/mol. The van der Waals surface area contributed by atoms with Crippen molar-refractivity contribution >= 4 is 5.96 Å². The van der Waals surface area contributed by atoms with E-state index in [-0.39, 0.29) is 18.4 Å². The highest BCUT2D eigenvalue weighted by atomic mass is 19.4. The van der Waals surface area contributed by atoms with Gasteiger partial charge < -0.3 is 24.8 Å². The Labute approximate surface area is 157 Å². The first kappa shape index (κ1) is 21.3. The molecule has 0 aliphatic carbocycles. The molecule has 0 spiro atoms. The lowest BCUT2D eigenvalue weighted by Gasteiger charge is -2.22. The molecule has 1 fully saturated rings. The van der Waals surface area contributed by atoms with Crippen molar-refractivity contribution in [3.63, 3.8) is 0 Å². The third-order valence-corrected chi connectivity index (χ3v) is 4.00. The van der Waals surface area contributed by atoms with Crippen LogP contribution in [0.4, 0.5) is 13.2 Å². The molecular weight excluding hydrogens is 363 g/mol. The summed E-state index contributed by atoms with van der Waals surface area (Å²) in [6.07, 6.45) is -1.81. The molecular formula is C18H26F3N3O3. The molecule has 0 radical (unpaired) electrons. The number of benzene rings is 1. The Morgan fingerprint density at radius 2 is 1.96 bits per heavy atom. The Morgan fingerprint density at radius 1 is 1.22 bits per heavy atom. The van der Waals surface area contributed by atoms with Crippen LogP contribution in [-0.4, -0.2) is 51.8 Å². The van der Waals surface area contributed by atoms with Gasteiger partial charge in [-0.05, 0) is 25.3 Å². The van der Waals surface area contributed by atoms with E-state index in [4.69, 9.17) is 9.47 Å². The summed E-state index contributed by atoms with van der Waals surface area (Å²) in [6, 6.07) is 6.01. The van der Waals surface area contributed by atoms with E-state index in [1.54, 1.807) is 19.2 Å². The standard InChI is InChI=1S/C18H26F3N3O3/c1-22-17(23-9-4-10-26-15-7-11-25-12-8-15)24-13-14-5-2-3-6-16(14)27-18(19,20)21/h2-3,5-6,15H,4,7-13H2,1H3,(H2,22,23,24). The zero-order valence-corrected chi connectivity index (χ0v) is 15.3. The summed E-state index contributed by atoms with van der Waals surface area (Å²) in [5, 5.41) is 6.10. The number of halogens is 3.